The molecule has 1 heterocycles. The lowest BCUT2D eigenvalue weighted by molar-refractivity contribution is -0.384. The Morgan fingerprint density at radius 2 is 2.00 bits per heavy atom. The Labute approximate surface area is 194 Å². The lowest BCUT2D eigenvalue weighted by Crippen LogP contribution is -2.14. The van der Waals surface area contributed by atoms with E-state index in [4.69, 9.17) is 16.3 Å². The zero-order chi connectivity index (χ0) is 23.1. The van der Waals surface area contributed by atoms with Crippen molar-refractivity contribution in [3.05, 3.63) is 57.6 Å². The van der Waals surface area contributed by atoms with Gasteiger partial charge in [-0.3, -0.25) is 14.9 Å². The quantitative estimate of drug-likeness (QED) is 0.191. The van der Waals surface area contributed by atoms with Crippen LogP contribution in [0.5, 0.6) is 5.75 Å². The van der Waals surface area contributed by atoms with Gasteiger partial charge in [0.2, 0.25) is 5.91 Å². The maximum Gasteiger partial charge on any atom is 0.289 e. The number of ether oxygens (including phenoxy) is 1. The highest BCUT2D eigenvalue weighted by Gasteiger charge is 2.16. The summed E-state index contributed by atoms with van der Waals surface area (Å²) in [5.41, 5.74) is 0.913. The third-order valence-corrected chi connectivity index (χ3v) is 5.81. The molecule has 0 bridgehead atoms. The first-order valence-electron chi connectivity index (χ1n) is 9.88. The molecular formula is C21H22ClN5O4S. The van der Waals surface area contributed by atoms with Crippen LogP contribution in [0.1, 0.15) is 19.8 Å². The smallest absolute Gasteiger partial charge is 0.289 e. The number of aromatic nitrogens is 3. The van der Waals surface area contributed by atoms with Crippen LogP contribution in [0.15, 0.2) is 47.6 Å². The van der Waals surface area contributed by atoms with E-state index in [1.54, 1.807) is 4.57 Å². The SMILES string of the molecule is CCCCOc1ccc(-c2nnc(SCC(=O)Nc3ccc(Cl)c([N+](=O)[O-])c3)n2C)cc1. The van der Waals surface area contributed by atoms with Crippen LogP contribution in [0.25, 0.3) is 11.4 Å². The molecule has 0 spiro atoms. The molecule has 0 aliphatic carbocycles. The molecule has 3 rings (SSSR count). The summed E-state index contributed by atoms with van der Waals surface area (Å²) in [5.74, 6) is 1.20. The summed E-state index contributed by atoms with van der Waals surface area (Å²) in [6.07, 6.45) is 2.09. The van der Waals surface area contributed by atoms with E-state index in [1.165, 1.54) is 30.0 Å². The van der Waals surface area contributed by atoms with Crippen LogP contribution >= 0.6 is 23.4 Å². The van der Waals surface area contributed by atoms with E-state index in [0.717, 1.165) is 24.2 Å². The summed E-state index contributed by atoms with van der Waals surface area (Å²) in [5, 5.41) is 22.6. The maximum atomic E-state index is 12.3. The summed E-state index contributed by atoms with van der Waals surface area (Å²) in [4.78, 5) is 22.7. The largest absolute Gasteiger partial charge is 0.494 e. The molecule has 2 aromatic carbocycles. The Hall–Kier alpha value is -3.11. The number of halogens is 1. The number of nitro benzene ring substituents is 1. The predicted molar refractivity (Wildman–Crippen MR) is 124 cm³/mol. The number of nitrogens with one attached hydrogen (secondary N) is 1. The molecule has 0 unspecified atom stereocenters. The topological polar surface area (TPSA) is 112 Å². The van der Waals surface area contributed by atoms with Crippen LogP contribution < -0.4 is 10.1 Å². The van der Waals surface area contributed by atoms with Gasteiger partial charge in [0.15, 0.2) is 11.0 Å². The van der Waals surface area contributed by atoms with Crippen molar-refractivity contribution >= 4 is 40.6 Å². The highest BCUT2D eigenvalue weighted by molar-refractivity contribution is 7.99. The summed E-state index contributed by atoms with van der Waals surface area (Å²) in [6.45, 7) is 2.80. The predicted octanol–water partition coefficient (Wildman–Crippen LogP) is 4.95. The van der Waals surface area contributed by atoms with Crippen molar-refractivity contribution in [3.63, 3.8) is 0 Å². The third kappa shape index (κ3) is 5.98. The van der Waals surface area contributed by atoms with Crippen molar-refractivity contribution < 1.29 is 14.5 Å². The monoisotopic (exact) mass is 475 g/mol. The number of hydrogen-bond donors (Lipinski definition) is 1. The summed E-state index contributed by atoms with van der Waals surface area (Å²) in [7, 11) is 1.82. The first-order valence-corrected chi connectivity index (χ1v) is 11.2. The van der Waals surface area contributed by atoms with Gasteiger partial charge < -0.3 is 14.6 Å². The summed E-state index contributed by atoms with van der Waals surface area (Å²) in [6, 6.07) is 11.7. The number of carbonyl (C=O) groups is 1. The molecule has 0 saturated heterocycles. The van der Waals surface area contributed by atoms with Crippen LogP contribution in [-0.4, -0.2) is 38.0 Å². The lowest BCUT2D eigenvalue weighted by atomic mass is 10.2. The van der Waals surface area contributed by atoms with Gasteiger partial charge in [0.25, 0.3) is 5.69 Å². The van der Waals surface area contributed by atoms with Gasteiger partial charge in [-0.1, -0.05) is 36.7 Å². The molecule has 11 heteroatoms. The zero-order valence-electron chi connectivity index (χ0n) is 17.6. The number of rotatable bonds is 10. The number of unbranched alkanes of at least 4 members (excludes halogenated alkanes) is 1. The number of thioether (sulfide) groups is 1. The molecule has 9 nitrogen and oxygen atoms in total. The average molecular weight is 476 g/mol. The van der Waals surface area contributed by atoms with Crippen molar-refractivity contribution in [2.45, 2.75) is 24.9 Å². The van der Waals surface area contributed by atoms with Crippen molar-refractivity contribution in [3.8, 4) is 17.1 Å². The molecule has 0 aliphatic rings. The van der Waals surface area contributed by atoms with E-state index in [2.05, 4.69) is 22.4 Å². The van der Waals surface area contributed by atoms with Crippen molar-refractivity contribution in [2.24, 2.45) is 7.05 Å². The van der Waals surface area contributed by atoms with Gasteiger partial charge in [-0.2, -0.15) is 0 Å². The number of anilines is 1. The van der Waals surface area contributed by atoms with Gasteiger partial charge in [-0.05, 0) is 42.8 Å². The Morgan fingerprint density at radius 3 is 2.69 bits per heavy atom. The Kier molecular flexibility index (Phi) is 8.07. The number of amides is 1. The molecule has 1 amide bonds. The van der Waals surface area contributed by atoms with Crippen LogP contribution in [0.2, 0.25) is 5.02 Å². The minimum Gasteiger partial charge on any atom is -0.494 e. The molecule has 0 saturated carbocycles. The Bertz CT molecular complexity index is 1100. The molecule has 1 N–H and O–H groups in total. The van der Waals surface area contributed by atoms with Crippen LogP contribution in [0.3, 0.4) is 0 Å². The van der Waals surface area contributed by atoms with E-state index >= 15 is 0 Å². The van der Waals surface area contributed by atoms with E-state index in [9.17, 15) is 14.9 Å². The van der Waals surface area contributed by atoms with Gasteiger partial charge in [0.05, 0.1) is 17.3 Å². The molecule has 0 fully saturated rings. The lowest BCUT2D eigenvalue weighted by Gasteiger charge is -2.07. The number of nitrogens with zero attached hydrogens (tertiary/aromatic N) is 4. The molecular weight excluding hydrogens is 454 g/mol. The minimum atomic E-state index is -0.600. The molecule has 168 valence electrons. The minimum absolute atomic E-state index is 0.00884. The summed E-state index contributed by atoms with van der Waals surface area (Å²) < 4.78 is 7.48. The van der Waals surface area contributed by atoms with Gasteiger partial charge in [-0.15, -0.1) is 10.2 Å². The second-order valence-electron chi connectivity index (χ2n) is 6.85. The average Bonchev–Trinajstić information content (AvgIpc) is 3.14. The number of nitro groups is 1. The highest BCUT2D eigenvalue weighted by atomic mass is 35.5. The summed E-state index contributed by atoms with van der Waals surface area (Å²) >= 11 is 7.01. The van der Waals surface area contributed by atoms with E-state index in [1.807, 2.05) is 31.3 Å². The molecule has 1 aromatic heterocycles. The molecule has 0 radical (unpaired) electrons. The normalized spacial score (nSPS) is 10.7. The van der Waals surface area contributed by atoms with Gasteiger partial charge >= 0.3 is 0 Å². The molecule has 0 aliphatic heterocycles. The standard InChI is InChI=1S/C21H22ClN5O4S/c1-3-4-11-31-16-8-5-14(6-9-16)20-24-25-21(26(20)2)32-13-19(28)23-15-7-10-17(22)18(12-15)27(29)30/h5-10,12H,3-4,11,13H2,1-2H3,(H,23,28). The highest BCUT2D eigenvalue weighted by Crippen LogP contribution is 2.28. The fourth-order valence-corrected chi connectivity index (χ4v) is 3.68. The van der Waals surface area contributed by atoms with E-state index < -0.39 is 4.92 Å². The Balaban J connectivity index is 1.59. The first kappa shape index (κ1) is 23.6. The second-order valence-corrected chi connectivity index (χ2v) is 8.20. The number of benzene rings is 2. The Morgan fingerprint density at radius 1 is 1.25 bits per heavy atom. The number of carbonyl (C=O) groups excluding carboxylic acids is 1. The van der Waals surface area contributed by atoms with Crippen molar-refractivity contribution in [1.29, 1.82) is 0 Å². The van der Waals surface area contributed by atoms with Crippen LogP contribution in [0, 0.1) is 10.1 Å². The second kappa shape index (κ2) is 11.0. The van der Waals surface area contributed by atoms with Crippen LogP contribution in [0.4, 0.5) is 11.4 Å². The van der Waals surface area contributed by atoms with E-state index in [-0.39, 0.29) is 22.4 Å². The van der Waals surface area contributed by atoms with Crippen molar-refractivity contribution in [1.82, 2.24) is 14.8 Å². The molecule has 3 aromatic rings. The van der Waals surface area contributed by atoms with Gasteiger partial charge in [-0.25, -0.2) is 0 Å². The van der Waals surface area contributed by atoms with Crippen molar-refractivity contribution in [2.75, 3.05) is 17.7 Å². The zero-order valence-corrected chi connectivity index (χ0v) is 19.2. The molecule has 0 atom stereocenters. The third-order valence-electron chi connectivity index (χ3n) is 4.47. The maximum absolute atomic E-state index is 12.3. The van der Waals surface area contributed by atoms with Gasteiger partial charge in [0, 0.05) is 24.4 Å². The molecule has 32 heavy (non-hydrogen) atoms. The number of hydrogen-bond acceptors (Lipinski definition) is 7. The fraction of sp³-hybridized carbons (Fsp3) is 0.286. The van der Waals surface area contributed by atoms with E-state index in [0.29, 0.717) is 23.3 Å². The van der Waals surface area contributed by atoms with Crippen LogP contribution in [-0.2, 0) is 11.8 Å². The fourth-order valence-electron chi connectivity index (χ4n) is 2.78. The van der Waals surface area contributed by atoms with Gasteiger partial charge in [0.1, 0.15) is 10.8 Å². The first-order chi connectivity index (χ1) is 15.4.